The fraction of sp³-hybridized carbons (Fsp3) is 0.435. The van der Waals surface area contributed by atoms with Crippen molar-refractivity contribution in [1.82, 2.24) is 10.3 Å². The maximum absolute atomic E-state index is 13.0. The van der Waals surface area contributed by atoms with E-state index >= 15 is 0 Å². The Morgan fingerprint density at radius 2 is 1.94 bits per heavy atom. The van der Waals surface area contributed by atoms with E-state index in [4.69, 9.17) is 10.2 Å². The summed E-state index contributed by atoms with van der Waals surface area (Å²) in [5.74, 6) is 0.796. The summed E-state index contributed by atoms with van der Waals surface area (Å²) in [7, 11) is -3.79. The molecule has 0 bridgehead atoms. The van der Waals surface area contributed by atoms with Crippen LogP contribution in [0.2, 0.25) is 0 Å². The molecular formula is C23H30N4O3S. The lowest BCUT2D eigenvalue weighted by Gasteiger charge is -2.25. The summed E-state index contributed by atoms with van der Waals surface area (Å²) in [5, 5.41) is 3.57. The molecule has 1 heterocycles. The van der Waals surface area contributed by atoms with Crippen molar-refractivity contribution in [3.05, 3.63) is 48.0 Å². The standard InChI is InChI=1S/C23H30N4O3S/c1-16(13-17-7-3-2-4-8-17)25-15-18-9-5-6-10-20(18)27-31(28,29)19-11-12-21-22(14-19)30-23(24)26-21/h5-6,9-12,14,16-17,25,27H,2-4,7-8,13,15H2,1H3,(H2,24,26). The number of nitrogens with zero attached hydrogens (tertiary/aromatic N) is 1. The fourth-order valence-electron chi connectivity index (χ4n) is 4.36. The van der Waals surface area contributed by atoms with Crippen molar-refractivity contribution in [2.75, 3.05) is 10.5 Å². The number of nitrogens with two attached hydrogens (primary N) is 1. The van der Waals surface area contributed by atoms with Gasteiger partial charge in [0.15, 0.2) is 5.58 Å². The van der Waals surface area contributed by atoms with Gasteiger partial charge in [0, 0.05) is 18.7 Å². The number of benzene rings is 2. The number of anilines is 2. The zero-order valence-corrected chi connectivity index (χ0v) is 18.6. The Labute approximate surface area is 183 Å². The molecule has 1 saturated carbocycles. The second-order valence-corrected chi connectivity index (χ2v) is 10.1. The normalized spacial score (nSPS) is 16.4. The molecule has 0 saturated heterocycles. The molecule has 0 aliphatic heterocycles. The van der Waals surface area contributed by atoms with Crippen LogP contribution in [-0.4, -0.2) is 19.4 Å². The lowest BCUT2D eigenvalue weighted by Crippen LogP contribution is -2.29. The van der Waals surface area contributed by atoms with Crippen molar-refractivity contribution in [2.24, 2.45) is 5.92 Å². The first kappa shape index (κ1) is 21.6. The number of hydrogen-bond donors (Lipinski definition) is 3. The van der Waals surface area contributed by atoms with E-state index in [1.807, 2.05) is 18.2 Å². The molecule has 166 valence electrons. The molecule has 1 aliphatic carbocycles. The summed E-state index contributed by atoms with van der Waals surface area (Å²) in [6.07, 6.45) is 7.85. The Kier molecular flexibility index (Phi) is 6.48. The minimum atomic E-state index is -3.79. The first-order valence-corrected chi connectivity index (χ1v) is 12.4. The molecule has 1 unspecified atom stereocenters. The van der Waals surface area contributed by atoms with Gasteiger partial charge in [0.25, 0.3) is 16.0 Å². The van der Waals surface area contributed by atoms with Crippen LogP contribution in [0.1, 0.15) is 51.0 Å². The van der Waals surface area contributed by atoms with Gasteiger partial charge in [-0.05, 0) is 43.0 Å². The summed E-state index contributed by atoms with van der Waals surface area (Å²) in [6, 6.07) is 12.4. The highest BCUT2D eigenvalue weighted by atomic mass is 32.2. The van der Waals surface area contributed by atoms with E-state index in [0.29, 0.717) is 29.4 Å². The Morgan fingerprint density at radius 1 is 1.16 bits per heavy atom. The van der Waals surface area contributed by atoms with E-state index in [1.54, 1.807) is 12.1 Å². The van der Waals surface area contributed by atoms with Crippen LogP contribution < -0.4 is 15.8 Å². The van der Waals surface area contributed by atoms with Crippen molar-refractivity contribution >= 4 is 32.8 Å². The van der Waals surface area contributed by atoms with Gasteiger partial charge in [-0.15, -0.1) is 0 Å². The summed E-state index contributed by atoms with van der Waals surface area (Å²) in [5.41, 5.74) is 7.90. The van der Waals surface area contributed by atoms with Crippen LogP contribution in [0.3, 0.4) is 0 Å². The number of aromatic nitrogens is 1. The van der Waals surface area contributed by atoms with Gasteiger partial charge in [-0.2, -0.15) is 4.98 Å². The van der Waals surface area contributed by atoms with Crippen molar-refractivity contribution in [2.45, 2.75) is 62.9 Å². The molecule has 0 spiro atoms. The van der Waals surface area contributed by atoms with E-state index in [-0.39, 0.29) is 10.9 Å². The molecule has 1 fully saturated rings. The summed E-state index contributed by atoms with van der Waals surface area (Å²) in [6.45, 7) is 2.81. The summed E-state index contributed by atoms with van der Waals surface area (Å²) in [4.78, 5) is 4.11. The van der Waals surface area contributed by atoms with Gasteiger partial charge in [0.1, 0.15) is 5.52 Å². The highest BCUT2D eigenvalue weighted by molar-refractivity contribution is 7.92. The van der Waals surface area contributed by atoms with Crippen LogP contribution >= 0.6 is 0 Å². The molecule has 1 aromatic heterocycles. The van der Waals surface area contributed by atoms with Crippen LogP contribution in [0.4, 0.5) is 11.7 Å². The molecule has 0 radical (unpaired) electrons. The quantitative estimate of drug-likeness (QED) is 0.468. The van der Waals surface area contributed by atoms with Crippen molar-refractivity contribution < 1.29 is 12.8 Å². The number of hydrogen-bond acceptors (Lipinski definition) is 6. The highest BCUT2D eigenvalue weighted by Gasteiger charge is 2.19. The van der Waals surface area contributed by atoms with Crippen LogP contribution in [0.5, 0.6) is 0 Å². The van der Waals surface area contributed by atoms with Gasteiger partial charge in [-0.3, -0.25) is 4.72 Å². The van der Waals surface area contributed by atoms with Gasteiger partial charge < -0.3 is 15.5 Å². The molecular weight excluding hydrogens is 412 g/mol. The molecule has 1 atom stereocenters. The molecule has 2 aromatic carbocycles. The summed E-state index contributed by atoms with van der Waals surface area (Å²) < 4.78 is 33.9. The van der Waals surface area contributed by atoms with E-state index in [0.717, 1.165) is 17.9 Å². The van der Waals surface area contributed by atoms with E-state index in [1.165, 1.54) is 44.2 Å². The molecule has 1 aliphatic rings. The summed E-state index contributed by atoms with van der Waals surface area (Å²) >= 11 is 0. The van der Waals surface area contributed by atoms with Crippen LogP contribution in [0, 0.1) is 5.92 Å². The van der Waals surface area contributed by atoms with Gasteiger partial charge >= 0.3 is 0 Å². The minimum Gasteiger partial charge on any atom is -0.424 e. The number of fused-ring (bicyclic) bond motifs is 1. The van der Waals surface area contributed by atoms with Crippen molar-refractivity contribution in [3.63, 3.8) is 0 Å². The maximum atomic E-state index is 13.0. The molecule has 4 rings (SSSR count). The monoisotopic (exact) mass is 442 g/mol. The molecule has 4 N–H and O–H groups in total. The smallest absolute Gasteiger partial charge is 0.292 e. The lowest BCUT2D eigenvalue weighted by molar-refractivity contribution is 0.305. The first-order chi connectivity index (χ1) is 14.9. The number of rotatable bonds is 8. The maximum Gasteiger partial charge on any atom is 0.292 e. The predicted octanol–water partition coefficient (Wildman–Crippen LogP) is 4.66. The van der Waals surface area contributed by atoms with E-state index in [2.05, 4.69) is 21.9 Å². The Morgan fingerprint density at radius 3 is 2.74 bits per heavy atom. The van der Waals surface area contributed by atoms with Gasteiger partial charge in [0.2, 0.25) is 0 Å². The lowest BCUT2D eigenvalue weighted by atomic mass is 9.85. The minimum absolute atomic E-state index is 0.0104. The topological polar surface area (TPSA) is 110 Å². The number of nitrogens with one attached hydrogen (secondary N) is 2. The van der Waals surface area contributed by atoms with Crippen LogP contribution in [-0.2, 0) is 16.6 Å². The zero-order chi connectivity index (χ0) is 21.8. The molecule has 8 heteroatoms. The van der Waals surface area contributed by atoms with Crippen molar-refractivity contribution in [1.29, 1.82) is 0 Å². The van der Waals surface area contributed by atoms with Crippen LogP contribution in [0.15, 0.2) is 51.8 Å². The van der Waals surface area contributed by atoms with Crippen LogP contribution in [0.25, 0.3) is 11.1 Å². The predicted molar refractivity (Wildman–Crippen MR) is 123 cm³/mol. The van der Waals surface area contributed by atoms with Gasteiger partial charge in [-0.25, -0.2) is 8.42 Å². The molecule has 3 aromatic rings. The SMILES string of the molecule is CC(CC1CCCCC1)NCc1ccccc1NS(=O)(=O)c1ccc2nc(N)oc2c1. The largest absolute Gasteiger partial charge is 0.424 e. The number of oxazole rings is 1. The highest BCUT2D eigenvalue weighted by Crippen LogP contribution is 2.28. The van der Waals surface area contributed by atoms with Gasteiger partial charge in [0.05, 0.1) is 10.6 Å². The van der Waals surface area contributed by atoms with E-state index < -0.39 is 10.0 Å². The zero-order valence-electron chi connectivity index (χ0n) is 17.8. The Bertz CT molecular complexity index is 1140. The molecule has 0 amide bonds. The number of nitrogen functional groups attached to an aromatic ring is 1. The Hall–Kier alpha value is -2.58. The second-order valence-electron chi connectivity index (χ2n) is 8.47. The first-order valence-electron chi connectivity index (χ1n) is 10.9. The second kappa shape index (κ2) is 9.28. The molecule has 31 heavy (non-hydrogen) atoms. The average molecular weight is 443 g/mol. The average Bonchev–Trinajstić information content (AvgIpc) is 3.13. The van der Waals surface area contributed by atoms with Crippen molar-refractivity contribution in [3.8, 4) is 0 Å². The number of para-hydroxylation sites is 1. The van der Waals surface area contributed by atoms with E-state index in [9.17, 15) is 8.42 Å². The van der Waals surface area contributed by atoms with Gasteiger partial charge in [-0.1, -0.05) is 50.3 Å². The Balaban J connectivity index is 1.44. The third-order valence-corrected chi connectivity index (χ3v) is 7.36. The third kappa shape index (κ3) is 5.37. The molecule has 7 nitrogen and oxygen atoms in total. The fourth-order valence-corrected chi connectivity index (χ4v) is 5.47. The third-order valence-electron chi connectivity index (χ3n) is 6.00. The number of sulfonamides is 1.